The molecule has 2 fully saturated rings. The Labute approximate surface area is 63.9 Å². The Morgan fingerprint density at radius 1 is 1.44 bits per heavy atom. The van der Waals surface area contributed by atoms with E-state index in [0.29, 0.717) is 12.2 Å². The van der Waals surface area contributed by atoms with Gasteiger partial charge in [-0.25, -0.2) is 0 Å². The normalized spacial score (nSPS) is 48.3. The molecule has 0 aromatic rings. The highest BCUT2D eigenvalue weighted by Crippen LogP contribution is 2.41. The van der Waals surface area contributed by atoms with Crippen molar-refractivity contribution in [2.75, 3.05) is 5.33 Å². The summed E-state index contributed by atoms with van der Waals surface area (Å²) in [5.41, 5.74) is 0. The van der Waals surface area contributed by atoms with Crippen molar-refractivity contribution in [3.63, 3.8) is 0 Å². The van der Waals surface area contributed by atoms with Gasteiger partial charge in [0.1, 0.15) is 0 Å². The Hall–Kier alpha value is 0.440. The van der Waals surface area contributed by atoms with Crippen LogP contribution in [0.4, 0.5) is 0 Å². The number of hydrogen-bond acceptors (Lipinski definition) is 1. The van der Waals surface area contributed by atoms with E-state index >= 15 is 0 Å². The van der Waals surface area contributed by atoms with Gasteiger partial charge in [0.05, 0.1) is 12.2 Å². The Morgan fingerprint density at radius 2 is 2.33 bits per heavy atom. The minimum absolute atomic E-state index is 0.637. The van der Waals surface area contributed by atoms with E-state index in [2.05, 4.69) is 15.9 Å². The van der Waals surface area contributed by atoms with E-state index in [1.807, 2.05) is 0 Å². The van der Waals surface area contributed by atoms with Crippen molar-refractivity contribution in [2.45, 2.75) is 31.5 Å². The molecule has 0 aromatic carbocycles. The molecule has 0 radical (unpaired) electrons. The number of ether oxygens (including phenoxy) is 1. The van der Waals surface area contributed by atoms with E-state index in [1.165, 1.54) is 19.3 Å². The van der Waals surface area contributed by atoms with Crippen molar-refractivity contribution < 1.29 is 4.74 Å². The minimum Gasteiger partial charge on any atom is -0.369 e. The molecule has 1 saturated heterocycles. The molecule has 3 atom stereocenters. The Balaban J connectivity index is 1.93. The fourth-order valence-corrected chi connectivity index (χ4v) is 2.41. The smallest absolute Gasteiger partial charge is 0.0877 e. The van der Waals surface area contributed by atoms with Crippen LogP contribution in [0.25, 0.3) is 0 Å². The minimum atomic E-state index is 0.637. The molecule has 2 heteroatoms. The number of alkyl halides is 1. The van der Waals surface area contributed by atoms with Gasteiger partial charge >= 0.3 is 0 Å². The molecule has 0 spiro atoms. The van der Waals surface area contributed by atoms with E-state index in [0.717, 1.165) is 11.2 Å². The van der Waals surface area contributed by atoms with Crippen LogP contribution in [-0.4, -0.2) is 17.5 Å². The number of rotatable bonds is 1. The molecule has 52 valence electrons. The highest BCUT2D eigenvalue weighted by Gasteiger charge is 2.46. The third-order valence-corrected chi connectivity index (χ3v) is 3.18. The maximum absolute atomic E-state index is 5.45. The molecule has 1 aliphatic heterocycles. The lowest BCUT2D eigenvalue weighted by molar-refractivity contribution is 0.339. The predicted octanol–water partition coefficient (Wildman–Crippen LogP) is 1.95. The largest absolute Gasteiger partial charge is 0.369 e. The van der Waals surface area contributed by atoms with Crippen molar-refractivity contribution in [3.05, 3.63) is 0 Å². The Kier molecular flexibility index (Phi) is 1.54. The van der Waals surface area contributed by atoms with E-state index in [-0.39, 0.29) is 0 Å². The third-order valence-electron chi connectivity index (χ3n) is 2.35. The molecule has 9 heavy (non-hydrogen) atoms. The van der Waals surface area contributed by atoms with Crippen molar-refractivity contribution in [2.24, 2.45) is 5.92 Å². The summed E-state index contributed by atoms with van der Waals surface area (Å²) in [4.78, 5) is 0. The van der Waals surface area contributed by atoms with Gasteiger partial charge in [-0.3, -0.25) is 0 Å². The third kappa shape index (κ3) is 1.03. The van der Waals surface area contributed by atoms with Crippen LogP contribution in [-0.2, 0) is 4.74 Å². The topological polar surface area (TPSA) is 12.5 Å². The average Bonchev–Trinajstić information content (AvgIpc) is 2.64. The summed E-state index contributed by atoms with van der Waals surface area (Å²) in [6.07, 6.45) is 5.34. The maximum atomic E-state index is 5.45. The molecule has 1 saturated carbocycles. The summed E-state index contributed by atoms with van der Waals surface area (Å²) >= 11 is 3.50. The lowest BCUT2D eigenvalue weighted by atomic mass is 9.91. The van der Waals surface area contributed by atoms with Crippen LogP contribution < -0.4 is 0 Å². The van der Waals surface area contributed by atoms with Gasteiger partial charge in [0.25, 0.3) is 0 Å². The van der Waals surface area contributed by atoms with Crippen LogP contribution >= 0.6 is 15.9 Å². The summed E-state index contributed by atoms with van der Waals surface area (Å²) in [5.74, 6) is 0.823. The zero-order valence-electron chi connectivity index (χ0n) is 5.35. The highest BCUT2D eigenvalue weighted by molar-refractivity contribution is 9.09. The number of epoxide rings is 1. The van der Waals surface area contributed by atoms with Gasteiger partial charge in [-0.15, -0.1) is 0 Å². The van der Waals surface area contributed by atoms with Gasteiger partial charge in [0, 0.05) is 5.33 Å². The fourth-order valence-electron chi connectivity index (χ4n) is 1.71. The molecule has 0 unspecified atom stereocenters. The lowest BCUT2D eigenvalue weighted by Crippen LogP contribution is -2.16. The van der Waals surface area contributed by atoms with Crippen molar-refractivity contribution in [3.8, 4) is 0 Å². The quantitative estimate of drug-likeness (QED) is 0.455. The van der Waals surface area contributed by atoms with Gasteiger partial charge in [0.2, 0.25) is 0 Å². The molecule has 1 aliphatic carbocycles. The number of hydrogen-bond donors (Lipinski definition) is 0. The lowest BCUT2D eigenvalue weighted by Gasteiger charge is -2.13. The molecule has 1 heterocycles. The van der Waals surface area contributed by atoms with Crippen molar-refractivity contribution in [1.29, 1.82) is 0 Å². The summed E-state index contributed by atoms with van der Waals surface area (Å²) in [7, 11) is 0. The molecule has 0 bridgehead atoms. The first-order valence-electron chi connectivity index (χ1n) is 3.63. The van der Waals surface area contributed by atoms with Crippen LogP contribution in [0.5, 0.6) is 0 Å². The summed E-state index contributed by atoms with van der Waals surface area (Å²) in [6.45, 7) is 0. The molecular weight excluding hydrogens is 180 g/mol. The summed E-state index contributed by atoms with van der Waals surface area (Å²) in [6, 6.07) is 0. The predicted molar refractivity (Wildman–Crippen MR) is 39.8 cm³/mol. The van der Waals surface area contributed by atoms with Gasteiger partial charge < -0.3 is 4.74 Å². The van der Waals surface area contributed by atoms with Crippen LogP contribution in [0.3, 0.4) is 0 Å². The molecule has 0 amide bonds. The van der Waals surface area contributed by atoms with Gasteiger partial charge in [0.15, 0.2) is 0 Å². The summed E-state index contributed by atoms with van der Waals surface area (Å²) in [5, 5.41) is 1.13. The van der Waals surface area contributed by atoms with E-state index in [4.69, 9.17) is 4.74 Å². The standard InChI is InChI=1S/C7H11BrO/c8-4-5-2-1-3-6-7(5)9-6/h5-7H,1-4H2/t5-,6-,7+/m0/s1. The molecule has 1 nitrogen and oxygen atoms in total. The molecule has 0 N–H and O–H groups in total. The van der Waals surface area contributed by atoms with E-state index < -0.39 is 0 Å². The first kappa shape index (κ1) is 6.17. The fraction of sp³-hybridized carbons (Fsp3) is 1.00. The second kappa shape index (κ2) is 2.24. The number of fused-ring (bicyclic) bond motifs is 1. The maximum Gasteiger partial charge on any atom is 0.0877 e. The molecule has 0 aromatic heterocycles. The molecule has 2 aliphatic rings. The van der Waals surface area contributed by atoms with E-state index in [1.54, 1.807) is 0 Å². The Bertz CT molecular complexity index is 115. The number of halogens is 1. The zero-order valence-corrected chi connectivity index (χ0v) is 6.93. The van der Waals surface area contributed by atoms with Gasteiger partial charge in [-0.1, -0.05) is 22.4 Å². The summed E-state index contributed by atoms with van der Waals surface area (Å²) < 4.78 is 5.45. The van der Waals surface area contributed by atoms with E-state index in [9.17, 15) is 0 Å². The van der Waals surface area contributed by atoms with Crippen LogP contribution in [0.15, 0.2) is 0 Å². The highest BCUT2D eigenvalue weighted by atomic mass is 79.9. The van der Waals surface area contributed by atoms with Crippen LogP contribution in [0.2, 0.25) is 0 Å². The average molecular weight is 191 g/mol. The first-order valence-corrected chi connectivity index (χ1v) is 4.75. The van der Waals surface area contributed by atoms with Gasteiger partial charge in [-0.05, 0) is 18.8 Å². The Morgan fingerprint density at radius 3 is 3.00 bits per heavy atom. The van der Waals surface area contributed by atoms with Crippen LogP contribution in [0.1, 0.15) is 19.3 Å². The SMILES string of the molecule is BrC[C@@H]1CCC[C@@H]2O[C@H]12. The molecular formula is C7H11BrO. The second-order valence-corrected chi connectivity index (χ2v) is 3.63. The second-order valence-electron chi connectivity index (χ2n) is 2.98. The van der Waals surface area contributed by atoms with Crippen molar-refractivity contribution in [1.82, 2.24) is 0 Å². The zero-order chi connectivity index (χ0) is 6.27. The van der Waals surface area contributed by atoms with Gasteiger partial charge in [-0.2, -0.15) is 0 Å². The van der Waals surface area contributed by atoms with Crippen molar-refractivity contribution >= 4 is 15.9 Å². The monoisotopic (exact) mass is 190 g/mol. The first-order chi connectivity index (χ1) is 4.42. The molecule has 2 rings (SSSR count). The van der Waals surface area contributed by atoms with Crippen LogP contribution in [0, 0.1) is 5.92 Å².